The zero-order valence-corrected chi connectivity index (χ0v) is 5.89. The molecule has 9 heavy (non-hydrogen) atoms. The highest BCUT2D eigenvalue weighted by atomic mass is 32.1. The van der Waals surface area contributed by atoms with Gasteiger partial charge in [-0.3, -0.25) is 0 Å². The largest absolute Gasteiger partial charge is 0.399 e. The summed E-state index contributed by atoms with van der Waals surface area (Å²) in [5.41, 5.74) is 1.09. The van der Waals surface area contributed by atoms with Crippen molar-refractivity contribution in [3.05, 3.63) is 22.4 Å². The monoisotopic (exact) mass is 141 g/mol. The van der Waals surface area contributed by atoms with Crippen LogP contribution in [0.3, 0.4) is 0 Å². The first-order chi connectivity index (χ1) is 4.43. The maximum absolute atomic E-state index is 4.49. The van der Waals surface area contributed by atoms with Crippen molar-refractivity contribution < 1.29 is 4.84 Å². The molecule has 0 bridgehead atoms. The third-order valence-corrected chi connectivity index (χ3v) is 1.55. The minimum atomic E-state index is 1.09. The topological polar surface area (TPSA) is 21.6 Å². The highest BCUT2D eigenvalue weighted by Gasteiger charge is 1.83. The van der Waals surface area contributed by atoms with E-state index in [4.69, 9.17) is 0 Å². The first-order valence-corrected chi connectivity index (χ1v) is 3.46. The summed E-state index contributed by atoms with van der Waals surface area (Å²) < 4.78 is 0. The van der Waals surface area contributed by atoms with Crippen LogP contribution in [0.1, 0.15) is 5.56 Å². The van der Waals surface area contributed by atoms with Crippen molar-refractivity contribution >= 4 is 17.6 Å². The van der Waals surface area contributed by atoms with E-state index in [1.807, 2.05) is 16.8 Å². The fourth-order valence-electron chi connectivity index (χ4n) is 0.462. The van der Waals surface area contributed by atoms with E-state index in [0.717, 1.165) is 5.56 Å². The maximum atomic E-state index is 4.49. The summed E-state index contributed by atoms with van der Waals surface area (Å²) in [5.74, 6) is 0. The molecule has 0 radical (unpaired) electrons. The van der Waals surface area contributed by atoms with Gasteiger partial charge in [0.05, 0.1) is 6.21 Å². The van der Waals surface area contributed by atoms with Crippen LogP contribution in [0.5, 0.6) is 0 Å². The molecule has 0 saturated heterocycles. The molecule has 0 spiro atoms. The van der Waals surface area contributed by atoms with Crippen molar-refractivity contribution in [3.8, 4) is 0 Å². The molecule has 0 aliphatic carbocycles. The smallest absolute Gasteiger partial charge is 0.106 e. The van der Waals surface area contributed by atoms with Crippen LogP contribution in [0.4, 0.5) is 0 Å². The van der Waals surface area contributed by atoms with Crippen molar-refractivity contribution in [2.75, 3.05) is 7.11 Å². The highest BCUT2D eigenvalue weighted by molar-refractivity contribution is 7.08. The lowest BCUT2D eigenvalue weighted by Gasteiger charge is -1.81. The van der Waals surface area contributed by atoms with Crippen LogP contribution in [0.15, 0.2) is 22.0 Å². The molecule has 1 aromatic heterocycles. The van der Waals surface area contributed by atoms with E-state index >= 15 is 0 Å². The molecule has 0 fully saturated rings. The van der Waals surface area contributed by atoms with E-state index in [9.17, 15) is 0 Å². The van der Waals surface area contributed by atoms with Gasteiger partial charge in [0.25, 0.3) is 0 Å². The Kier molecular flexibility index (Phi) is 2.27. The number of rotatable bonds is 2. The molecule has 0 unspecified atom stereocenters. The fourth-order valence-corrected chi connectivity index (χ4v) is 1.07. The molecule has 0 aliphatic heterocycles. The maximum Gasteiger partial charge on any atom is 0.106 e. The van der Waals surface area contributed by atoms with E-state index < -0.39 is 0 Å². The van der Waals surface area contributed by atoms with Gasteiger partial charge in [-0.25, -0.2) is 0 Å². The molecule has 0 amide bonds. The molecule has 0 atom stereocenters. The van der Waals surface area contributed by atoms with Crippen LogP contribution in [0, 0.1) is 0 Å². The third-order valence-electron chi connectivity index (χ3n) is 0.850. The summed E-state index contributed by atoms with van der Waals surface area (Å²) in [4.78, 5) is 4.49. The lowest BCUT2D eigenvalue weighted by atomic mass is 10.4. The summed E-state index contributed by atoms with van der Waals surface area (Å²) in [5, 5.41) is 7.60. The Morgan fingerprint density at radius 1 is 1.78 bits per heavy atom. The molecule has 1 aromatic rings. The van der Waals surface area contributed by atoms with Crippen molar-refractivity contribution in [1.82, 2.24) is 0 Å². The van der Waals surface area contributed by atoms with Gasteiger partial charge >= 0.3 is 0 Å². The molecule has 0 aliphatic rings. The normalized spacial score (nSPS) is 10.3. The van der Waals surface area contributed by atoms with Gasteiger partial charge in [-0.05, 0) is 16.8 Å². The van der Waals surface area contributed by atoms with E-state index in [0.29, 0.717) is 0 Å². The Hall–Kier alpha value is -0.830. The fraction of sp³-hybridized carbons (Fsp3) is 0.167. The van der Waals surface area contributed by atoms with Crippen molar-refractivity contribution in [1.29, 1.82) is 0 Å². The van der Waals surface area contributed by atoms with Crippen LogP contribution < -0.4 is 0 Å². The molecule has 1 heterocycles. The number of thiophene rings is 1. The average molecular weight is 141 g/mol. The second-order valence-electron chi connectivity index (χ2n) is 1.47. The predicted molar refractivity (Wildman–Crippen MR) is 38.9 cm³/mol. The zero-order valence-electron chi connectivity index (χ0n) is 5.07. The number of hydrogen-bond acceptors (Lipinski definition) is 3. The van der Waals surface area contributed by atoms with E-state index in [2.05, 4.69) is 9.99 Å². The van der Waals surface area contributed by atoms with E-state index in [-0.39, 0.29) is 0 Å². The van der Waals surface area contributed by atoms with Gasteiger partial charge in [0, 0.05) is 5.56 Å². The summed E-state index contributed by atoms with van der Waals surface area (Å²) in [7, 11) is 1.53. The van der Waals surface area contributed by atoms with Gasteiger partial charge in [0.2, 0.25) is 0 Å². The summed E-state index contributed by atoms with van der Waals surface area (Å²) in [6.07, 6.45) is 1.68. The highest BCUT2D eigenvalue weighted by Crippen LogP contribution is 2.01. The van der Waals surface area contributed by atoms with Gasteiger partial charge in [-0.15, -0.1) is 0 Å². The average Bonchev–Trinajstić information content (AvgIpc) is 2.34. The molecule has 0 aromatic carbocycles. The molecule has 2 nitrogen and oxygen atoms in total. The van der Waals surface area contributed by atoms with Crippen molar-refractivity contribution in [3.63, 3.8) is 0 Å². The zero-order chi connectivity index (χ0) is 6.53. The standard InChI is InChI=1S/C6H7NOS/c1-8-7-4-6-2-3-9-5-6/h2-5H,1H3. The summed E-state index contributed by atoms with van der Waals surface area (Å²) >= 11 is 1.64. The predicted octanol–water partition coefficient (Wildman–Crippen LogP) is 1.73. The molecule has 48 valence electrons. The van der Waals surface area contributed by atoms with Gasteiger partial charge < -0.3 is 4.84 Å². The molecule has 3 heteroatoms. The van der Waals surface area contributed by atoms with Crippen LogP contribution in [0.25, 0.3) is 0 Å². The first kappa shape index (κ1) is 6.29. The first-order valence-electron chi connectivity index (χ1n) is 2.52. The van der Waals surface area contributed by atoms with E-state index in [1.165, 1.54) is 7.11 Å². The summed E-state index contributed by atoms with van der Waals surface area (Å²) in [6, 6.07) is 1.98. The van der Waals surface area contributed by atoms with Gasteiger partial charge in [-0.1, -0.05) is 5.16 Å². The molecule has 0 N–H and O–H groups in total. The van der Waals surface area contributed by atoms with Crippen LogP contribution in [-0.4, -0.2) is 13.3 Å². The van der Waals surface area contributed by atoms with Crippen molar-refractivity contribution in [2.24, 2.45) is 5.16 Å². The molecular formula is C6H7NOS. The molecule has 0 saturated carbocycles. The van der Waals surface area contributed by atoms with Crippen LogP contribution in [-0.2, 0) is 4.84 Å². The Morgan fingerprint density at radius 3 is 3.22 bits per heavy atom. The number of oxime groups is 1. The Morgan fingerprint density at radius 2 is 2.67 bits per heavy atom. The lowest BCUT2D eigenvalue weighted by Crippen LogP contribution is -1.74. The summed E-state index contributed by atoms with van der Waals surface area (Å²) in [6.45, 7) is 0. The molecular weight excluding hydrogens is 134 g/mol. The van der Waals surface area contributed by atoms with Gasteiger partial charge in [0.15, 0.2) is 0 Å². The van der Waals surface area contributed by atoms with Crippen LogP contribution in [0.2, 0.25) is 0 Å². The van der Waals surface area contributed by atoms with Crippen LogP contribution >= 0.6 is 11.3 Å². The van der Waals surface area contributed by atoms with E-state index in [1.54, 1.807) is 17.6 Å². The minimum Gasteiger partial charge on any atom is -0.399 e. The Balaban J connectivity index is 2.57. The Labute approximate surface area is 57.8 Å². The second-order valence-corrected chi connectivity index (χ2v) is 2.25. The number of nitrogens with zero attached hydrogens (tertiary/aromatic N) is 1. The third kappa shape index (κ3) is 1.85. The Bertz CT molecular complexity index is 181. The van der Waals surface area contributed by atoms with Gasteiger partial charge in [-0.2, -0.15) is 11.3 Å². The second kappa shape index (κ2) is 3.25. The van der Waals surface area contributed by atoms with Crippen molar-refractivity contribution in [2.45, 2.75) is 0 Å². The number of hydrogen-bond donors (Lipinski definition) is 0. The van der Waals surface area contributed by atoms with Gasteiger partial charge in [0.1, 0.15) is 7.11 Å². The molecule has 1 rings (SSSR count). The SMILES string of the molecule is CON=Cc1ccsc1. The lowest BCUT2D eigenvalue weighted by molar-refractivity contribution is 0.215. The minimum absolute atomic E-state index is 1.09. The quantitative estimate of drug-likeness (QED) is 0.454.